The number of aromatic nitrogens is 4. The second-order valence-corrected chi connectivity index (χ2v) is 13.9. The van der Waals surface area contributed by atoms with Crippen LogP contribution in [0, 0.1) is 22.7 Å². The summed E-state index contributed by atoms with van der Waals surface area (Å²) < 4.78 is 35.6. The topological polar surface area (TPSA) is 218 Å². The van der Waals surface area contributed by atoms with Gasteiger partial charge in [-0.2, -0.15) is 20.0 Å². The predicted octanol–water partition coefficient (Wildman–Crippen LogP) is 5.24. The van der Waals surface area contributed by atoms with Crippen molar-refractivity contribution in [3.8, 4) is 17.9 Å². The fourth-order valence-corrected chi connectivity index (χ4v) is 6.71. The summed E-state index contributed by atoms with van der Waals surface area (Å²) in [6.45, 7) is 4.21. The van der Waals surface area contributed by atoms with Crippen LogP contribution >= 0.6 is 19.2 Å². The molecule has 19 heteroatoms. The zero-order valence-electron chi connectivity index (χ0n) is 28.5. The average molecular weight is 751 g/mol. The van der Waals surface area contributed by atoms with Crippen LogP contribution in [0.3, 0.4) is 0 Å². The molecule has 2 aromatic heterocycles. The molecule has 3 atom stereocenters. The number of nitriles is 2. The van der Waals surface area contributed by atoms with Crippen molar-refractivity contribution in [1.29, 1.82) is 10.5 Å². The maximum Gasteiger partial charge on any atom is 0.407 e. The molecule has 1 amide bonds. The molecule has 4 aromatic rings. The molecule has 5 rings (SSSR count). The molecule has 0 radical (unpaired) electrons. The highest BCUT2D eigenvalue weighted by Crippen LogP contribution is 2.44. The zero-order valence-corrected chi connectivity index (χ0v) is 30.2. The smallest absolute Gasteiger partial charge is 0.407 e. The summed E-state index contributed by atoms with van der Waals surface area (Å²) in [5, 5.41) is 33.0. The van der Waals surface area contributed by atoms with Crippen molar-refractivity contribution in [2.24, 2.45) is 0 Å². The maximum absolute atomic E-state index is 13.0. The summed E-state index contributed by atoms with van der Waals surface area (Å²) >= 11 is 6.95. The first kappa shape index (κ1) is 37.6. The minimum atomic E-state index is -3.43. The van der Waals surface area contributed by atoms with E-state index in [9.17, 15) is 24.7 Å². The van der Waals surface area contributed by atoms with Gasteiger partial charge in [0, 0.05) is 26.2 Å². The number of nitrogens with zero attached hydrogens (tertiary/aromatic N) is 7. The van der Waals surface area contributed by atoms with Gasteiger partial charge in [-0.1, -0.05) is 29.8 Å². The van der Waals surface area contributed by atoms with Crippen LogP contribution in [0.15, 0.2) is 48.7 Å². The van der Waals surface area contributed by atoms with Gasteiger partial charge >= 0.3 is 19.7 Å². The number of para-hydroxylation sites is 1. The number of hydrogen-bond acceptors (Lipinski definition) is 15. The Balaban J connectivity index is 1.31. The normalized spacial score (nSPS) is 16.5. The highest BCUT2D eigenvalue weighted by atomic mass is 35.5. The van der Waals surface area contributed by atoms with Gasteiger partial charge in [-0.3, -0.25) is 9.32 Å². The lowest BCUT2D eigenvalue weighted by Crippen LogP contribution is -2.55. The highest BCUT2D eigenvalue weighted by molar-refractivity contribution is 7.53. The predicted molar refractivity (Wildman–Crippen MR) is 191 cm³/mol. The van der Waals surface area contributed by atoms with Crippen LogP contribution in [0.2, 0.25) is 5.02 Å². The van der Waals surface area contributed by atoms with Gasteiger partial charge in [0.1, 0.15) is 17.9 Å². The number of benzene rings is 2. The number of rotatable bonds is 14. The second kappa shape index (κ2) is 17.1. The number of hydrogen-bond donors (Lipinski definition) is 3. The molecular formula is C33H36ClN10O7P. The molecule has 0 spiro atoms. The number of alkyl carbamates (subject to hydrolysis) is 1. The number of amides is 1. The van der Waals surface area contributed by atoms with E-state index in [0.717, 1.165) is 0 Å². The van der Waals surface area contributed by atoms with Crippen LogP contribution in [0.1, 0.15) is 37.4 Å². The van der Waals surface area contributed by atoms with E-state index in [4.69, 9.17) is 30.1 Å². The largest absolute Gasteiger partial charge is 0.458 e. The Labute approximate surface area is 304 Å². The number of carbonyl (C=O) groups excluding carboxylic acids is 2. The SMILES string of the molecule is CCNc1nc(Nc2cc(C#N)cc(N3CC[C@@H](NC(=O)OC)[C@H](OC(=O)CCCOP(C)(=O)Oc4ccccc4)C3)c2Cl)nn2c(C#N)cnc12. The number of piperidine rings is 1. The molecule has 1 unspecified atom stereocenters. The molecule has 52 heavy (non-hydrogen) atoms. The summed E-state index contributed by atoms with van der Waals surface area (Å²) in [6, 6.07) is 15.3. The first-order chi connectivity index (χ1) is 25.0. The van der Waals surface area contributed by atoms with E-state index >= 15 is 0 Å². The van der Waals surface area contributed by atoms with E-state index < -0.39 is 31.8 Å². The Morgan fingerprint density at radius 2 is 1.96 bits per heavy atom. The molecule has 1 aliphatic heterocycles. The molecule has 17 nitrogen and oxygen atoms in total. The third-order valence-electron chi connectivity index (χ3n) is 7.79. The molecule has 2 aromatic carbocycles. The van der Waals surface area contributed by atoms with Crippen LogP contribution in [0.4, 0.5) is 27.9 Å². The summed E-state index contributed by atoms with van der Waals surface area (Å²) in [7, 11) is -2.19. The van der Waals surface area contributed by atoms with Crippen molar-refractivity contribution >= 4 is 60.0 Å². The highest BCUT2D eigenvalue weighted by Gasteiger charge is 2.35. The van der Waals surface area contributed by atoms with Crippen molar-refractivity contribution in [1.82, 2.24) is 24.9 Å². The van der Waals surface area contributed by atoms with Crippen molar-refractivity contribution < 1.29 is 32.7 Å². The van der Waals surface area contributed by atoms with E-state index in [0.29, 0.717) is 48.1 Å². The maximum atomic E-state index is 13.0. The molecule has 0 saturated carbocycles. The number of halogens is 1. The van der Waals surface area contributed by atoms with Gasteiger partial charge in [0.15, 0.2) is 17.2 Å². The molecule has 0 aliphatic carbocycles. The zero-order chi connectivity index (χ0) is 37.3. The van der Waals surface area contributed by atoms with Crippen LogP contribution in [0.5, 0.6) is 5.75 Å². The molecule has 1 fully saturated rings. The number of anilines is 4. The fraction of sp³-hybridized carbons (Fsp3) is 0.364. The van der Waals surface area contributed by atoms with E-state index in [-0.39, 0.29) is 48.2 Å². The number of methoxy groups -OCH3 is 1. The molecule has 0 bridgehead atoms. The van der Waals surface area contributed by atoms with E-state index in [1.807, 2.05) is 17.9 Å². The van der Waals surface area contributed by atoms with Gasteiger partial charge in [-0.25, -0.2) is 14.3 Å². The minimum absolute atomic E-state index is 0.0198. The Morgan fingerprint density at radius 1 is 1.17 bits per heavy atom. The van der Waals surface area contributed by atoms with Crippen molar-refractivity contribution in [2.45, 2.75) is 38.3 Å². The summed E-state index contributed by atoms with van der Waals surface area (Å²) in [5.74, 6) is 0.305. The van der Waals surface area contributed by atoms with Crippen LogP contribution < -0.4 is 25.4 Å². The second-order valence-electron chi connectivity index (χ2n) is 11.5. The summed E-state index contributed by atoms with van der Waals surface area (Å²) in [6.07, 6.45) is 0.339. The number of ether oxygens (including phenoxy) is 2. The lowest BCUT2D eigenvalue weighted by molar-refractivity contribution is -0.151. The number of imidazole rings is 1. The van der Waals surface area contributed by atoms with Crippen LogP contribution in [0.25, 0.3) is 5.65 Å². The number of carbonyl (C=O) groups is 2. The molecule has 3 heterocycles. The van der Waals surface area contributed by atoms with E-state index in [2.05, 4.69) is 37.1 Å². The van der Waals surface area contributed by atoms with Gasteiger partial charge in [0.05, 0.1) is 60.5 Å². The summed E-state index contributed by atoms with van der Waals surface area (Å²) in [5.41, 5.74) is 1.59. The number of esters is 1. The van der Waals surface area contributed by atoms with E-state index in [1.54, 1.807) is 36.4 Å². The van der Waals surface area contributed by atoms with Crippen molar-refractivity contribution in [3.63, 3.8) is 0 Å². The molecule has 1 aliphatic rings. The van der Waals surface area contributed by atoms with Gasteiger partial charge < -0.3 is 34.8 Å². The standard InChI is InChI=1S/C33H36ClN10O7P/c1-4-37-30-31-38-19-22(18-36)44(31)42-32(41-30)39-25-15-21(17-35)16-26(29(25)34)43-13-12-24(40-33(46)48-2)27(20-43)50-28(45)11-8-14-49-52(3,47)51-23-9-6-5-7-10-23/h5-7,9-10,15-16,19,24,27H,4,8,11-14,20H2,1-3H3,(H,40,46)(H2,37,39,41,42)/t24-,27-,52?/m1/s1. The van der Waals surface area contributed by atoms with Crippen molar-refractivity contribution in [2.75, 3.05) is 55.5 Å². The minimum Gasteiger partial charge on any atom is -0.458 e. The monoisotopic (exact) mass is 750 g/mol. The Morgan fingerprint density at radius 3 is 2.67 bits per heavy atom. The summed E-state index contributed by atoms with van der Waals surface area (Å²) in [4.78, 5) is 35.8. The number of nitrogens with one attached hydrogen (secondary N) is 3. The first-order valence-corrected chi connectivity index (χ1v) is 18.6. The molecule has 3 N–H and O–H groups in total. The Hall–Kier alpha value is -5.61. The van der Waals surface area contributed by atoms with Gasteiger partial charge in [-0.15, -0.1) is 5.10 Å². The average Bonchev–Trinajstić information content (AvgIpc) is 3.55. The molecule has 1 saturated heterocycles. The lowest BCUT2D eigenvalue weighted by atomic mass is 10.0. The third-order valence-corrected chi connectivity index (χ3v) is 9.38. The quantitative estimate of drug-likeness (QED) is 0.0852. The number of fused-ring (bicyclic) bond motifs is 1. The van der Waals surface area contributed by atoms with Crippen LogP contribution in [-0.4, -0.2) is 83.8 Å². The first-order valence-electron chi connectivity index (χ1n) is 16.2. The fourth-order valence-electron chi connectivity index (χ4n) is 5.42. The molecular weight excluding hydrogens is 715 g/mol. The Kier molecular flexibility index (Phi) is 12.4. The third kappa shape index (κ3) is 9.38. The van der Waals surface area contributed by atoms with Gasteiger partial charge in [0.2, 0.25) is 5.95 Å². The van der Waals surface area contributed by atoms with Crippen LogP contribution in [-0.2, 0) is 23.4 Å². The Bertz CT molecular complexity index is 2050. The lowest BCUT2D eigenvalue weighted by Gasteiger charge is -2.39. The van der Waals surface area contributed by atoms with Gasteiger partial charge in [-0.05, 0) is 44.0 Å². The van der Waals surface area contributed by atoms with E-state index in [1.165, 1.54) is 30.6 Å². The van der Waals surface area contributed by atoms with Crippen molar-refractivity contribution in [3.05, 3.63) is 64.9 Å². The van der Waals surface area contributed by atoms with Gasteiger partial charge in [0.25, 0.3) is 0 Å². The molecule has 272 valence electrons.